The average Bonchev–Trinajstić information content (AvgIpc) is 2.46. The number of carbonyl (C=O) groups is 2. The standard InChI is InChI=1S/C14H21ClN4O2/c1-3-19(4-2)8-7-17-13(20)14(21)18-12-6-5-10(16)9-11(12)15/h5-6,9H,3-4,7-8,16H2,1-2H3,(H,17,20)(H,18,21). The highest BCUT2D eigenvalue weighted by molar-refractivity contribution is 6.41. The lowest BCUT2D eigenvalue weighted by Crippen LogP contribution is -2.40. The minimum Gasteiger partial charge on any atom is -0.399 e. The van der Waals surface area contributed by atoms with Crippen LogP contribution in [0.1, 0.15) is 13.8 Å². The molecule has 1 aromatic carbocycles. The molecule has 1 rings (SSSR count). The molecule has 21 heavy (non-hydrogen) atoms. The highest BCUT2D eigenvalue weighted by atomic mass is 35.5. The van der Waals surface area contributed by atoms with E-state index in [1.54, 1.807) is 12.1 Å². The average molecular weight is 313 g/mol. The fraction of sp³-hybridized carbons (Fsp3) is 0.429. The van der Waals surface area contributed by atoms with E-state index in [9.17, 15) is 9.59 Å². The molecule has 0 aromatic heterocycles. The molecule has 0 heterocycles. The van der Waals surface area contributed by atoms with E-state index in [1.165, 1.54) is 6.07 Å². The maximum atomic E-state index is 11.7. The molecule has 0 aliphatic carbocycles. The Hall–Kier alpha value is -1.79. The number of benzene rings is 1. The van der Waals surface area contributed by atoms with Crippen LogP contribution in [0.2, 0.25) is 5.02 Å². The summed E-state index contributed by atoms with van der Waals surface area (Å²) < 4.78 is 0. The molecule has 1 aromatic rings. The van der Waals surface area contributed by atoms with Gasteiger partial charge in [0.1, 0.15) is 0 Å². The Balaban J connectivity index is 2.46. The van der Waals surface area contributed by atoms with E-state index in [0.717, 1.165) is 13.1 Å². The molecule has 0 saturated carbocycles. The second-order valence-electron chi connectivity index (χ2n) is 4.48. The number of rotatable bonds is 6. The van der Waals surface area contributed by atoms with Crippen LogP contribution in [-0.4, -0.2) is 42.9 Å². The Morgan fingerprint density at radius 2 is 1.90 bits per heavy atom. The van der Waals surface area contributed by atoms with Gasteiger partial charge in [-0.05, 0) is 31.3 Å². The summed E-state index contributed by atoms with van der Waals surface area (Å²) in [6.45, 7) is 7.01. The first-order valence-corrected chi connectivity index (χ1v) is 7.22. The first-order chi connectivity index (χ1) is 9.97. The highest BCUT2D eigenvalue weighted by Crippen LogP contribution is 2.23. The predicted molar refractivity (Wildman–Crippen MR) is 85.3 cm³/mol. The minimum atomic E-state index is -0.749. The summed E-state index contributed by atoms with van der Waals surface area (Å²) >= 11 is 5.93. The van der Waals surface area contributed by atoms with Crippen LogP contribution in [0, 0.1) is 0 Å². The number of nitrogens with zero attached hydrogens (tertiary/aromatic N) is 1. The lowest BCUT2D eigenvalue weighted by molar-refractivity contribution is -0.136. The molecule has 0 spiro atoms. The number of hydrogen-bond donors (Lipinski definition) is 3. The van der Waals surface area contributed by atoms with Gasteiger partial charge in [-0.25, -0.2) is 0 Å². The summed E-state index contributed by atoms with van der Waals surface area (Å²) in [6.07, 6.45) is 0. The van der Waals surface area contributed by atoms with Crippen molar-refractivity contribution in [1.29, 1.82) is 0 Å². The van der Waals surface area contributed by atoms with E-state index in [1.807, 2.05) is 13.8 Å². The number of anilines is 2. The zero-order valence-corrected chi connectivity index (χ0v) is 13.0. The van der Waals surface area contributed by atoms with Crippen LogP contribution in [-0.2, 0) is 9.59 Å². The summed E-state index contributed by atoms with van der Waals surface area (Å²) in [5, 5.41) is 5.31. The zero-order chi connectivity index (χ0) is 15.8. The molecule has 6 nitrogen and oxygen atoms in total. The van der Waals surface area contributed by atoms with Crippen molar-refractivity contribution in [3.05, 3.63) is 23.2 Å². The smallest absolute Gasteiger partial charge is 0.313 e. The first kappa shape index (κ1) is 17.3. The third kappa shape index (κ3) is 5.61. The van der Waals surface area contributed by atoms with Crippen LogP contribution in [0.3, 0.4) is 0 Å². The molecule has 0 atom stereocenters. The largest absolute Gasteiger partial charge is 0.399 e. The molecule has 0 unspecified atom stereocenters. The molecule has 0 aliphatic rings. The van der Waals surface area contributed by atoms with Crippen molar-refractivity contribution in [2.75, 3.05) is 37.2 Å². The number of carbonyl (C=O) groups excluding carboxylic acids is 2. The van der Waals surface area contributed by atoms with Crippen LogP contribution in [0.5, 0.6) is 0 Å². The number of hydrogen-bond acceptors (Lipinski definition) is 4. The molecular weight excluding hydrogens is 292 g/mol. The number of halogens is 1. The van der Waals surface area contributed by atoms with Gasteiger partial charge in [-0.1, -0.05) is 25.4 Å². The zero-order valence-electron chi connectivity index (χ0n) is 12.3. The van der Waals surface area contributed by atoms with Gasteiger partial charge in [0.2, 0.25) is 0 Å². The second kappa shape index (κ2) is 8.49. The van der Waals surface area contributed by atoms with Crippen molar-refractivity contribution >= 4 is 34.8 Å². The molecule has 0 fully saturated rings. The fourth-order valence-electron chi connectivity index (χ4n) is 1.76. The maximum absolute atomic E-state index is 11.7. The summed E-state index contributed by atoms with van der Waals surface area (Å²) in [5.41, 5.74) is 6.40. The van der Waals surface area contributed by atoms with Crippen molar-refractivity contribution in [2.45, 2.75) is 13.8 Å². The van der Waals surface area contributed by atoms with Crippen LogP contribution >= 0.6 is 11.6 Å². The third-order valence-corrected chi connectivity index (χ3v) is 3.37. The molecular formula is C14H21ClN4O2. The van der Waals surface area contributed by atoms with Gasteiger partial charge in [0, 0.05) is 18.8 Å². The minimum absolute atomic E-state index is 0.291. The number of likely N-dealkylation sites (N-methyl/N-ethyl adjacent to an activating group) is 1. The van der Waals surface area contributed by atoms with Gasteiger partial charge in [0.05, 0.1) is 10.7 Å². The van der Waals surface area contributed by atoms with Crippen molar-refractivity contribution in [3.63, 3.8) is 0 Å². The SMILES string of the molecule is CCN(CC)CCNC(=O)C(=O)Nc1ccc(N)cc1Cl. The van der Waals surface area contributed by atoms with E-state index in [2.05, 4.69) is 15.5 Å². The number of amides is 2. The summed E-state index contributed by atoms with van der Waals surface area (Å²) in [7, 11) is 0. The molecule has 4 N–H and O–H groups in total. The number of nitrogens with one attached hydrogen (secondary N) is 2. The van der Waals surface area contributed by atoms with Gasteiger partial charge >= 0.3 is 11.8 Å². The van der Waals surface area contributed by atoms with Crippen LogP contribution in [0.25, 0.3) is 0 Å². The Morgan fingerprint density at radius 3 is 2.48 bits per heavy atom. The van der Waals surface area contributed by atoms with Gasteiger partial charge in [-0.15, -0.1) is 0 Å². The van der Waals surface area contributed by atoms with E-state index in [4.69, 9.17) is 17.3 Å². The molecule has 116 valence electrons. The molecule has 0 bridgehead atoms. The van der Waals surface area contributed by atoms with Gasteiger partial charge < -0.3 is 21.3 Å². The highest BCUT2D eigenvalue weighted by Gasteiger charge is 2.14. The Morgan fingerprint density at radius 1 is 1.24 bits per heavy atom. The van der Waals surface area contributed by atoms with Crippen LogP contribution in [0.15, 0.2) is 18.2 Å². The normalized spacial score (nSPS) is 10.5. The fourth-order valence-corrected chi connectivity index (χ4v) is 2.00. The number of nitrogen functional groups attached to an aromatic ring is 1. The van der Waals surface area contributed by atoms with E-state index >= 15 is 0 Å². The van der Waals surface area contributed by atoms with E-state index in [0.29, 0.717) is 29.5 Å². The molecule has 0 radical (unpaired) electrons. The monoisotopic (exact) mass is 312 g/mol. The Labute approximate surface area is 129 Å². The van der Waals surface area contributed by atoms with Crippen LogP contribution in [0.4, 0.5) is 11.4 Å². The molecule has 0 aliphatic heterocycles. The van der Waals surface area contributed by atoms with Gasteiger partial charge in [0.15, 0.2) is 0 Å². The number of nitrogens with two attached hydrogens (primary N) is 1. The van der Waals surface area contributed by atoms with E-state index < -0.39 is 11.8 Å². The van der Waals surface area contributed by atoms with Crippen molar-refractivity contribution in [1.82, 2.24) is 10.2 Å². The van der Waals surface area contributed by atoms with Crippen molar-refractivity contribution in [3.8, 4) is 0 Å². The summed E-state index contributed by atoms with van der Waals surface area (Å²) in [6, 6.07) is 4.66. The Bertz CT molecular complexity index is 504. The molecule has 2 amide bonds. The van der Waals surface area contributed by atoms with Crippen LogP contribution < -0.4 is 16.4 Å². The summed E-state index contributed by atoms with van der Waals surface area (Å²) in [4.78, 5) is 25.6. The van der Waals surface area contributed by atoms with Crippen molar-refractivity contribution < 1.29 is 9.59 Å². The van der Waals surface area contributed by atoms with E-state index in [-0.39, 0.29) is 0 Å². The lowest BCUT2D eigenvalue weighted by atomic mass is 10.3. The van der Waals surface area contributed by atoms with Crippen molar-refractivity contribution in [2.24, 2.45) is 0 Å². The quantitative estimate of drug-likeness (QED) is 0.546. The van der Waals surface area contributed by atoms with Gasteiger partial charge in [-0.2, -0.15) is 0 Å². The maximum Gasteiger partial charge on any atom is 0.313 e. The third-order valence-electron chi connectivity index (χ3n) is 3.06. The molecule has 0 saturated heterocycles. The summed E-state index contributed by atoms with van der Waals surface area (Å²) in [5.74, 6) is -1.43. The lowest BCUT2D eigenvalue weighted by Gasteiger charge is -2.17. The Kier molecular flexibility index (Phi) is 6.98. The predicted octanol–water partition coefficient (Wildman–Crippen LogP) is 1.32. The second-order valence-corrected chi connectivity index (χ2v) is 4.88. The molecule has 7 heteroatoms. The topological polar surface area (TPSA) is 87.5 Å². The first-order valence-electron chi connectivity index (χ1n) is 6.84. The van der Waals surface area contributed by atoms with Gasteiger partial charge in [-0.3, -0.25) is 9.59 Å². The van der Waals surface area contributed by atoms with Gasteiger partial charge in [0.25, 0.3) is 0 Å².